The first kappa shape index (κ1) is 21.7. The van der Waals surface area contributed by atoms with E-state index in [1.807, 2.05) is 30.2 Å². The van der Waals surface area contributed by atoms with Gasteiger partial charge in [-0.25, -0.2) is 0 Å². The lowest BCUT2D eigenvalue weighted by atomic mass is 9.43. The second-order valence-corrected chi connectivity index (χ2v) is 11.1. The number of piperidine rings is 1. The average Bonchev–Trinajstić information content (AvgIpc) is 3.17. The lowest BCUT2D eigenvalue weighted by Gasteiger charge is -2.65. The van der Waals surface area contributed by atoms with Crippen LogP contribution in [-0.4, -0.2) is 59.6 Å². The summed E-state index contributed by atoms with van der Waals surface area (Å²) in [5, 5.41) is 10.8. The molecule has 2 aliphatic heterocycles. The van der Waals surface area contributed by atoms with Crippen molar-refractivity contribution in [3.05, 3.63) is 64.7 Å². The van der Waals surface area contributed by atoms with Gasteiger partial charge < -0.3 is 19.6 Å². The van der Waals surface area contributed by atoms with Gasteiger partial charge in [-0.15, -0.1) is 0 Å². The topological polar surface area (TPSA) is 53.0 Å². The zero-order valence-electron chi connectivity index (χ0n) is 20.5. The largest absolute Gasteiger partial charge is 0.504 e. The van der Waals surface area contributed by atoms with Crippen LogP contribution in [-0.2, 0) is 16.6 Å². The summed E-state index contributed by atoms with van der Waals surface area (Å²) in [5.74, 6) is 0.893. The Morgan fingerprint density at radius 1 is 1.26 bits per heavy atom. The molecule has 2 fully saturated rings. The molecule has 2 heterocycles. The molecule has 6 rings (SSSR count). The number of aromatic hydroxyl groups is 1. The van der Waals surface area contributed by atoms with Crippen LogP contribution < -0.4 is 4.74 Å². The van der Waals surface area contributed by atoms with Crippen molar-refractivity contribution >= 4 is 12.0 Å². The Hall–Kier alpha value is -2.79. The molecule has 34 heavy (non-hydrogen) atoms. The van der Waals surface area contributed by atoms with Gasteiger partial charge in [-0.1, -0.05) is 42.8 Å². The maximum absolute atomic E-state index is 13.3. The first-order valence-electron chi connectivity index (χ1n) is 12.5. The highest BCUT2D eigenvalue weighted by Gasteiger charge is 2.71. The van der Waals surface area contributed by atoms with Crippen molar-refractivity contribution in [1.82, 2.24) is 9.80 Å². The van der Waals surface area contributed by atoms with Crippen LogP contribution in [0.1, 0.15) is 48.4 Å². The molecule has 5 atom stereocenters. The molecule has 2 aromatic rings. The number of nitrogens with zero attached hydrogens (tertiary/aromatic N) is 2. The first-order chi connectivity index (χ1) is 16.3. The molecule has 0 aromatic heterocycles. The van der Waals surface area contributed by atoms with Crippen LogP contribution >= 0.6 is 0 Å². The van der Waals surface area contributed by atoms with Gasteiger partial charge in [0.1, 0.15) is 6.10 Å². The zero-order valence-corrected chi connectivity index (χ0v) is 20.5. The maximum atomic E-state index is 13.3. The number of aryl methyl sites for hydroxylation is 1. The van der Waals surface area contributed by atoms with Crippen LogP contribution in [0, 0.1) is 12.3 Å². The van der Waals surface area contributed by atoms with Gasteiger partial charge >= 0.3 is 0 Å². The molecule has 0 radical (unpaired) electrons. The van der Waals surface area contributed by atoms with Crippen molar-refractivity contribution in [1.29, 1.82) is 0 Å². The van der Waals surface area contributed by atoms with Gasteiger partial charge in [0, 0.05) is 30.1 Å². The molecule has 5 heteroatoms. The first-order valence-corrected chi connectivity index (χ1v) is 12.5. The van der Waals surface area contributed by atoms with Crippen molar-refractivity contribution in [2.75, 3.05) is 20.6 Å². The monoisotopic (exact) mass is 458 g/mol. The van der Waals surface area contributed by atoms with Crippen molar-refractivity contribution in [3.63, 3.8) is 0 Å². The van der Waals surface area contributed by atoms with Gasteiger partial charge in [0.05, 0.1) is 6.04 Å². The van der Waals surface area contributed by atoms with E-state index in [1.165, 1.54) is 16.7 Å². The SMILES string of the molecule is Cc1cccc(/C=C/C(=O)N(C)C2CC[C@@]3(C)[C@H]4Cc5ccc(O)c6c5[C@@]3(CCN4C)C2O6)c1. The van der Waals surface area contributed by atoms with E-state index >= 15 is 0 Å². The predicted octanol–water partition coefficient (Wildman–Crippen LogP) is 4.30. The quantitative estimate of drug-likeness (QED) is 0.697. The molecule has 1 amide bonds. The molecule has 1 N–H and O–H groups in total. The van der Waals surface area contributed by atoms with Crippen LogP contribution in [0.15, 0.2) is 42.5 Å². The molecular weight excluding hydrogens is 424 g/mol. The number of benzene rings is 2. The molecule has 4 aliphatic rings. The molecule has 2 aliphatic carbocycles. The molecule has 2 unspecified atom stereocenters. The average molecular weight is 459 g/mol. The number of hydrogen-bond acceptors (Lipinski definition) is 4. The number of carbonyl (C=O) groups is 1. The smallest absolute Gasteiger partial charge is 0.246 e. The van der Waals surface area contributed by atoms with Gasteiger partial charge in [-0.3, -0.25) is 4.79 Å². The molecule has 178 valence electrons. The molecule has 2 aromatic carbocycles. The molecule has 1 spiro atoms. The van der Waals surface area contributed by atoms with Crippen molar-refractivity contribution in [2.45, 2.75) is 63.1 Å². The highest BCUT2D eigenvalue weighted by Crippen LogP contribution is 2.69. The third-order valence-electron chi connectivity index (χ3n) is 9.57. The second-order valence-electron chi connectivity index (χ2n) is 11.1. The van der Waals surface area contributed by atoms with Gasteiger partial charge in [0.25, 0.3) is 0 Å². The zero-order chi connectivity index (χ0) is 23.8. The minimum atomic E-state index is -0.177. The van der Waals surface area contributed by atoms with E-state index in [-0.39, 0.29) is 34.6 Å². The summed E-state index contributed by atoms with van der Waals surface area (Å²) in [7, 11) is 4.16. The van der Waals surface area contributed by atoms with Crippen LogP contribution in [0.2, 0.25) is 0 Å². The Bertz CT molecular complexity index is 1210. The minimum absolute atomic E-state index is 0.00389. The number of likely N-dealkylation sites (N-methyl/N-ethyl adjacent to an activating group) is 2. The lowest BCUT2D eigenvalue weighted by Crippen LogP contribution is -2.73. The number of amides is 1. The Labute approximate surface area is 202 Å². The van der Waals surface area contributed by atoms with Gasteiger partial charge in [0.2, 0.25) is 5.91 Å². The van der Waals surface area contributed by atoms with Crippen molar-refractivity contribution < 1.29 is 14.6 Å². The van der Waals surface area contributed by atoms with Gasteiger partial charge in [-0.05, 0) is 74.9 Å². The van der Waals surface area contributed by atoms with Gasteiger partial charge in [-0.2, -0.15) is 0 Å². The standard InChI is InChI=1S/C29H34N2O3/c1-18-6-5-7-19(16-18)8-11-24(33)31(4)21-12-13-28(2)23-17-20-9-10-22(32)26-25(20)29(28,27(21)34-26)14-15-30(23)3/h5-11,16,21,23,27,32H,12-15,17H2,1-4H3/b11-8+/t21?,23-,27?,28+,29+/m1/s1. The summed E-state index contributed by atoms with van der Waals surface area (Å²) in [6.45, 7) is 5.50. The fraction of sp³-hybridized carbons (Fsp3) is 0.483. The highest BCUT2D eigenvalue weighted by atomic mass is 16.5. The number of carbonyl (C=O) groups excluding carboxylic acids is 1. The van der Waals surface area contributed by atoms with E-state index in [0.29, 0.717) is 11.8 Å². The van der Waals surface area contributed by atoms with Crippen molar-refractivity contribution in [2.24, 2.45) is 5.41 Å². The Kier molecular flexibility index (Phi) is 4.70. The number of ether oxygens (including phenoxy) is 1. The fourth-order valence-corrected chi connectivity index (χ4v) is 7.82. The van der Waals surface area contributed by atoms with E-state index in [4.69, 9.17) is 4.74 Å². The van der Waals surface area contributed by atoms with Gasteiger partial charge in [0.15, 0.2) is 11.5 Å². The highest BCUT2D eigenvalue weighted by molar-refractivity contribution is 5.92. The summed E-state index contributed by atoms with van der Waals surface area (Å²) < 4.78 is 6.69. The van der Waals surface area contributed by atoms with E-state index in [1.54, 1.807) is 12.1 Å². The normalized spacial score (nSPS) is 33.5. The number of hydrogen-bond donors (Lipinski definition) is 1. The van der Waals surface area contributed by atoms with Crippen LogP contribution in [0.25, 0.3) is 6.08 Å². The Morgan fingerprint density at radius 3 is 2.88 bits per heavy atom. The summed E-state index contributed by atoms with van der Waals surface area (Å²) in [6, 6.07) is 12.5. The third kappa shape index (κ3) is 2.73. The van der Waals surface area contributed by atoms with Crippen molar-refractivity contribution in [3.8, 4) is 11.5 Å². The molecular formula is C29H34N2O3. The number of phenolic OH excluding ortho intramolecular Hbond substituents is 1. The number of rotatable bonds is 3. The fourth-order valence-electron chi connectivity index (χ4n) is 7.82. The molecule has 1 saturated heterocycles. The lowest BCUT2D eigenvalue weighted by molar-refractivity contribution is -0.148. The molecule has 5 nitrogen and oxygen atoms in total. The Morgan fingerprint density at radius 2 is 2.09 bits per heavy atom. The van der Waals surface area contributed by atoms with E-state index in [9.17, 15) is 9.90 Å². The number of likely N-dealkylation sites (tertiary alicyclic amines) is 1. The van der Waals surface area contributed by atoms with Crippen LogP contribution in [0.4, 0.5) is 0 Å². The number of phenols is 1. The van der Waals surface area contributed by atoms with E-state index in [2.05, 4.69) is 44.0 Å². The summed E-state index contributed by atoms with van der Waals surface area (Å²) in [4.78, 5) is 17.7. The summed E-state index contributed by atoms with van der Waals surface area (Å²) in [5.41, 5.74) is 4.61. The third-order valence-corrected chi connectivity index (χ3v) is 9.57. The van der Waals surface area contributed by atoms with Crippen LogP contribution in [0.3, 0.4) is 0 Å². The molecule has 1 saturated carbocycles. The second kappa shape index (κ2) is 7.35. The minimum Gasteiger partial charge on any atom is -0.504 e. The van der Waals surface area contributed by atoms with E-state index < -0.39 is 0 Å². The van der Waals surface area contributed by atoms with Crippen LogP contribution in [0.5, 0.6) is 11.5 Å². The predicted molar refractivity (Wildman–Crippen MR) is 133 cm³/mol. The summed E-state index contributed by atoms with van der Waals surface area (Å²) >= 11 is 0. The molecule has 2 bridgehead atoms. The maximum Gasteiger partial charge on any atom is 0.246 e. The van der Waals surface area contributed by atoms with E-state index in [0.717, 1.165) is 37.8 Å². The Balaban J connectivity index is 1.38. The summed E-state index contributed by atoms with van der Waals surface area (Å²) in [6.07, 6.45) is 7.36.